The molecule has 0 radical (unpaired) electrons. The molecule has 0 heterocycles. The zero-order chi connectivity index (χ0) is 14.9. The van der Waals surface area contributed by atoms with Crippen molar-refractivity contribution >= 4 is 5.84 Å². The molecule has 6 nitrogen and oxygen atoms in total. The number of hydrogen-bond acceptors (Lipinski definition) is 5. The Labute approximate surface area is 109 Å². The molecule has 0 aliphatic rings. The van der Waals surface area contributed by atoms with Crippen molar-refractivity contribution in [3.8, 4) is 0 Å². The monoisotopic (exact) mass is 287 g/mol. The minimum atomic E-state index is -4.57. The standard InChI is InChI=1S/C10H20F3N3O3/c1-18-5-3-16(4-6-19-2)7-8(9(14)15-17)10(11,12)13/h8,17H,3-7H2,1-2H3,(H2,14,15). The zero-order valence-corrected chi connectivity index (χ0v) is 11.0. The summed E-state index contributed by atoms with van der Waals surface area (Å²) in [5.41, 5.74) is 5.10. The molecule has 0 saturated heterocycles. The molecule has 0 rings (SSSR count). The highest BCUT2D eigenvalue weighted by atomic mass is 19.4. The molecule has 0 bridgehead atoms. The summed E-state index contributed by atoms with van der Waals surface area (Å²) >= 11 is 0. The second kappa shape index (κ2) is 8.94. The Morgan fingerprint density at radius 3 is 2.05 bits per heavy atom. The van der Waals surface area contributed by atoms with Crippen LogP contribution in [-0.4, -0.2) is 69.2 Å². The van der Waals surface area contributed by atoms with Gasteiger partial charge in [-0.2, -0.15) is 13.2 Å². The predicted octanol–water partition coefficient (Wildman–Crippen LogP) is 0.506. The number of oxime groups is 1. The Hall–Kier alpha value is -1.06. The molecule has 9 heteroatoms. The van der Waals surface area contributed by atoms with Crippen LogP contribution in [0.4, 0.5) is 13.2 Å². The molecule has 1 unspecified atom stereocenters. The van der Waals surface area contributed by atoms with E-state index in [1.807, 2.05) is 0 Å². The van der Waals surface area contributed by atoms with Crippen LogP contribution in [0.2, 0.25) is 0 Å². The SMILES string of the molecule is COCCN(CCOC)CC(C(N)=NO)C(F)(F)F. The largest absolute Gasteiger partial charge is 0.409 e. The lowest BCUT2D eigenvalue weighted by molar-refractivity contribution is -0.160. The highest BCUT2D eigenvalue weighted by molar-refractivity contribution is 5.83. The van der Waals surface area contributed by atoms with E-state index >= 15 is 0 Å². The van der Waals surface area contributed by atoms with E-state index in [2.05, 4.69) is 5.16 Å². The summed E-state index contributed by atoms with van der Waals surface area (Å²) in [4.78, 5) is 1.49. The first-order chi connectivity index (χ1) is 8.86. The summed E-state index contributed by atoms with van der Waals surface area (Å²) in [5, 5.41) is 10.9. The molecule has 0 aromatic rings. The second-order valence-corrected chi connectivity index (χ2v) is 3.91. The van der Waals surface area contributed by atoms with Crippen LogP contribution in [0.25, 0.3) is 0 Å². The van der Waals surface area contributed by atoms with E-state index in [1.54, 1.807) is 0 Å². The quantitative estimate of drug-likeness (QED) is 0.279. The van der Waals surface area contributed by atoms with Gasteiger partial charge < -0.3 is 20.4 Å². The number of ether oxygens (including phenoxy) is 2. The maximum atomic E-state index is 12.8. The number of amidine groups is 1. The summed E-state index contributed by atoms with van der Waals surface area (Å²) in [6.07, 6.45) is -4.57. The fraction of sp³-hybridized carbons (Fsp3) is 0.900. The number of hydrogen-bond donors (Lipinski definition) is 2. The van der Waals surface area contributed by atoms with Crippen molar-refractivity contribution in [2.75, 3.05) is 47.1 Å². The van der Waals surface area contributed by atoms with Gasteiger partial charge in [-0.15, -0.1) is 0 Å². The minimum Gasteiger partial charge on any atom is -0.409 e. The summed E-state index contributed by atoms with van der Waals surface area (Å²) in [6, 6.07) is 0. The van der Waals surface area contributed by atoms with Gasteiger partial charge in [-0.25, -0.2) is 0 Å². The van der Waals surface area contributed by atoms with E-state index in [9.17, 15) is 13.2 Å². The van der Waals surface area contributed by atoms with E-state index in [1.165, 1.54) is 19.1 Å². The van der Waals surface area contributed by atoms with Crippen LogP contribution in [-0.2, 0) is 9.47 Å². The van der Waals surface area contributed by atoms with Crippen LogP contribution in [0.15, 0.2) is 5.16 Å². The van der Waals surface area contributed by atoms with Crippen molar-refractivity contribution in [3.63, 3.8) is 0 Å². The van der Waals surface area contributed by atoms with Crippen molar-refractivity contribution < 1.29 is 27.9 Å². The molecule has 114 valence electrons. The first-order valence-electron chi connectivity index (χ1n) is 5.61. The Morgan fingerprint density at radius 2 is 1.74 bits per heavy atom. The maximum absolute atomic E-state index is 12.8. The van der Waals surface area contributed by atoms with Crippen molar-refractivity contribution in [1.29, 1.82) is 0 Å². The Morgan fingerprint density at radius 1 is 1.26 bits per heavy atom. The topological polar surface area (TPSA) is 80.3 Å². The lowest BCUT2D eigenvalue weighted by Gasteiger charge is -2.27. The van der Waals surface area contributed by atoms with Gasteiger partial charge in [0.15, 0.2) is 5.84 Å². The molecular formula is C10H20F3N3O3. The third-order valence-corrected chi connectivity index (χ3v) is 2.53. The van der Waals surface area contributed by atoms with Gasteiger partial charge in [0, 0.05) is 33.9 Å². The zero-order valence-electron chi connectivity index (χ0n) is 11.0. The van der Waals surface area contributed by atoms with Crippen molar-refractivity contribution in [2.24, 2.45) is 16.8 Å². The smallest absolute Gasteiger partial charge is 0.400 e. The Balaban J connectivity index is 4.71. The second-order valence-electron chi connectivity index (χ2n) is 3.91. The molecular weight excluding hydrogens is 267 g/mol. The van der Waals surface area contributed by atoms with E-state index < -0.39 is 24.5 Å². The van der Waals surface area contributed by atoms with Gasteiger partial charge in [-0.3, -0.25) is 4.90 Å². The number of halogens is 3. The number of rotatable bonds is 9. The lowest BCUT2D eigenvalue weighted by atomic mass is 10.1. The van der Waals surface area contributed by atoms with Crippen LogP contribution >= 0.6 is 0 Å². The predicted molar refractivity (Wildman–Crippen MR) is 63.1 cm³/mol. The molecule has 1 atom stereocenters. The van der Waals surface area contributed by atoms with Gasteiger partial charge in [0.1, 0.15) is 5.92 Å². The van der Waals surface area contributed by atoms with Gasteiger partial charge in [-0.1, -0.05) is 5.16 Å². The van der Waals surface area contributed by atoms with E-state index in [0.29, 0.717) is 13.1 Å². The molecule has 0 aliphatic carbocycles. The Bertz CT molecular complexity index is 266. The molecule has 3 N–H and O–H groups in total. The van der Waals surface area contributed by atoms with Gasteiger partial charge in [-0.05, 0) is 0 Å². The number of methoxy groups -OCH3 is 2. The fourth-order valence-electron chi connectivity index (χ4n) is 1.43. The van der Waals surface area contributed by atoms with Crippen molar-refractivity contribution in [2.45, 2.75) is 6.18 Å². The van der Waals surface area contributed by atoms with Gasteiger partial charge in [0.2, 0.25) is 0 Å². The molecule has 0 aromatic heterocycles. The average Bonchev–Trinajstić information content (AvgIpc) is 2.35. The molecule has 0 spiro atoms. The molecule has 0 amide bonds. The molecule has 0 fully saturated rings. The minimum absolute atomic E-state index is 0.282. The van der Waals surface area contributed by atoms with Crippen LogP contribution in [0.3, 0.4) is 0 Å². The number of alkyl halides is 3. The van der Waals surface area contributed by atoms with Crippen LogP contribution in [0, 0.1) is 5.92 Å². The summed E-state index contributed by atoms with van der Waals surface area (Å²) in [6.45, 7) is 0.747. The highest BCUT2D eigenvalue weighted by Crippen LogP contribution is 2.27. The summed E-state index contributed by atoms with van der Waals surface area (Å²) < 4.78 is 48.1. The Kier molecular flexibility index (Phi) is 8.44. The first-order valence-corrected chi connectivity index (χ1v) is 5.61. The van der Waals surface area contributed by atoms with E-state index in [0.717, 1.165) is 0 Å². The van der Waals surface area contributed by atoms with E-state index in [4.69, 9.17) is 20.4 Å². The third-order valence-electron chi connectivity index (χ3n) is 2.53. The van der Waals surface area contributed by atoms with Crippen molar-refractivity contribution in [3.05, 3.63) is 0 Å². The molecule has 0 aromatic carbocycles. The van der Waals surface area contributed by atoms with Gasteiger partial charge in [0.25, 0.3) is 0 Å². The fourth-order valence-corrected chi connectivity index (χ4v) is 1.43. The van der Waals surface area contributed by atoms with Crippen LogP contribution in [0.5, 0.6) is 0 Å². The molecule has 19 heavy (non-hydrogen) atoms. The average molecular weight is 287 g/mol. The first kappa shape index (κ1) is 17.9. The normalized spacial score (nSPS) is 14.9. The maximum Gasteiger partial charge on any atom is 0.400 e. The third kappa shape index (κ3) is 7.19. The lowest BCUT2D eigenvalue weighted by Crippen LogP contribution is -2.46. The summed E-state index contributed by atoms with van der Waals surface area (Å²) in [5.74, 6) is -2.88. The summed E-state index contributed by atoms with van der Waals surface area (Å²) in [7, 11) is 2.92. The highest BCUT2D eigenvalue weighted by Gasteiger charge is 2.43. The van der Waals surface area contributed by atoms with Gasteiger partial charge >= 0.3 is 6.18 Å². The molecule has 0 aliphatic heterocycles. The number of nitrogens with two attached hydrogens (primary N) is 1. The molecule has 0 saturated carbocycles. The van der Waals surface area contributed by atoms with Crippen LogP contribution in [0.1, 0.15) is 0 Å². The number of nitrogens with zero attached hydrogens (tertiary/aromatic N) is 2. The van der Waals surface area contributed by atoms with Gasteiger partial charge in [0.05, 0.1) is 13.2 Å². The van der Waals surface area contributed by atoms with E-state index in [-0.39, 0.29) is 13.2 Å². The van der Waals surface area contributed by atoms with Crippen molar-refractivity contribution in [1.82, 2.24) is 4.90 Å². The van der Waals surface area contributed by atoms with Crippen LogP contribution < -0.4 is 5.73 Å².